The van der Waals surface area contributed by atoms with E-state index >= 15 is 0 Å². The van der Waals surface area contributed by atoms with Gasteiger partial charge in [0.05, 0.1) is 0 Å². The standard InChI is InChI=1S/C16H16N2O/c17-15-13-8-18(9-14(13)15)16(19)12-6-5-10-3-1-2-4-11(10)7-12/h1-7,13-15H,8-9,17H2. The molecule has 4 rings (SSSR count). The zero-order valence-electron chi connectivity index (χ0n) is 10.6. The molecule has 96 valence electrons. The van der Waals surface area contributed by atoms with Gasteiger partial charge in [0, 0.05) is 24.7 Å². The van der Waals surface area contributed by atoms with Crippen LogP contribution in [0.2, 0.25) is 0 Å². The van der Waals surface area contributed by atoms with Crippen LogP contribution in [0, 0.1) is 11.8 Å². The average molecular weight is 252 g/mol. The third kappa shape index (κ3) is 1.65. The Hall–Kier alpha value is -1.87. The lowest BCUT2D eigenvalue weighted by atomic mass is 10.1. The Kier molecular flexibility index (Phi) is 2.21. The fraction of sp³-hybridized carbons (Fsp3) is 0.312. The Morgan fingerprint density at radius 3 is 2.47 bits per heavy atom. The van der Waals surface area contributed by atoms with Gasteiger partial charge in [0.1, 0.15) is 0 Å². The zero-order chi connectivity index (χ0) is 13.0. The summed E-state index contributed by atoms with van der Waals surface area (Å²) in [5.74, 6) is 1.24. The largest absolute Gasteiger partial charge is 0.338 e. The van der Waals surface area contributed by atoms with E-state index < -0.39 is 0 Å². The first-order valence-corrected chi connectivity index (χ1v) is 6.78. The van der Waals surface area contributed by atoms with Gasteiger partial charge in [-0.1, -0.05) is 30.3 Å². The van der Waals surface area contributed by atoms with Crippen LogP contribution in [-0.4, -0.2) is 29.9 Å². The monoisotopic (exact) mass is 252 g/mol. The van der Waals surface area contributed by atoms with Gasteiger partial charge in [0.25, 0.3) is 5.91 Å². The van der Waals surface area contributed by atoms with Crippen LogP contribution in [-0.2, 0) is 0 Å². The number of benzene rings is 2. The second-order valence-corrected chi connectivity index (χ2v) is 5.68. The quantitative estimate of drug-likeness (QED) is 0.842. The predicted octanol–water partition coefficient (Wildman–Crippen LogP) is 1.87. The van der Waals surface area contributed by atoms with E-state index in [1.54, 1.807) is 0 Å². The molecule has 2 aromatic rings. The van der Waals surface area contributed by atoms with Crippen LogP contribution >= 0.6 is 0 Å². The van der Waals surface area contributed by atoms with Crippen molar-refractivity contribution in [3.63, 3.8) is 0 Å². The summed E-state index contributed by atoms with van der Waals surface area (Å²) in [4.78, 5) is 14.4. The third-order valence-electron chi connectivity index (χ3n) is 4.54. The van der Waals surface area contributed by atoms with Gasteiger partial charge in [0.2, 0.25) is 0 Å². The van der Waals surface area contributed by atoms with Crippen LogP contribution in [0.4, 0.5) is 0 Å². The number of carbonyl (C=O) groups excluding carboxylic acids is 1. The topological polar surface area (TPSA) is 46.3 Å². The van der Waals surface area contributed by atoms with Crippen LogP contribution in [0.1, 0.15) is 10.4 Å². The van der Waals surface area contributed by atoms with E-state index in [1.165, 1.54) is 5.39 Å². The third-order valence-corrected chi connectivity index (χ3v) is 4.54. The molecule has 1 aliphatic carbocycles. The minimum absolute atomic E-state index is 0.144. The van der Waals surface area contributed by atoms with E-state index in [4.69, 9.17) is 5.73 Å². The van der Waals surface area contributed by atoms with E-state index in [1.807, 2.05) is 41.3 Å². The summed E-state index contributed by atoms with van der Waals surface area (Å²) < 4.78 is 0. The van der Waals surface area contributed by atoms with Gasteiger partial charge >= 0.3 is 0 Å². The van der Waals surface area contributed by atoms with Crippen molar-refractivity contribution in [1.29, 1.82) is 0 Å². The van der Waals surface area contributed by atoms with Crippen LogP contribution in [0.25, 0.3) is 10.8 Å². The second-order valence-electron chi connectivity index (χ2n) is 5.68. The van der Waals surface area contributed by atoms with Gasteiger partial charge in [-0.3, -0.25) is 4.79 Å². The van der Waals surface area contributed by atoms with E-state index in [2.05, 4.69) is 6.07 Å². The van der Waals surface area contributed by atoms with Crippen LogP contribution in [0.5, 0.6) is 0 Å². The van der Waals surface area contributed by atoms with Gasteiger partial charge < -0.3 is 10.6 Å². The highest BCUT2D eigenvalue weighted by Gasteiger charge is 2.54. The molecule has 2 aliphatic rings. The summed E-state index contributed by atoms with van der Waals surface area (Å²) in [6.45, 7) is 1.66. The molecular weight excluding hydrogens is 236 g/mol. The molecule has 2 aromatic carbocycles. The Balaban J connectivity index is 1.62. The molecule has 1 saturated heterocycles. The normalized spacial score (nSPS) is 28.5. The zero-order valence-corrected chi connectivity index (χ0v) is 10.6. The molecule has 1 heterocycles. The van der Waals surface area contributed by atoms with Crippen LogP contribution in [0.3, 0.4) is 0 Å². The van der Waals surface area contributed by atoms with E-state index in [9.17, 15) is 4.79 Å². The number of amides is 1. The van der Waals surface area contributed by atoms with E-state index in [0.29, 0.717) is 17.9 Å². The number of piperidine rings is 1. The van der Waals surface area contributed by atoms with E-state index in [-0.39, 0.29) is 5.91 Å². The van der Waals surface area contributed by atoms with Crippen molar-refractivity contribution in [2.24, 2.45) is 17.6 Å². The number of likely N-dealkylation sites (tertiary alicyclic amines) is 1. The minimum atomic E-state index is 0.144. The molecule has 1 saturated carbocycles. The molecule has 0 bridgehead atoms. The Labute approximate surface area is 112 Å². The molecule has 2 fully saturated rings. The number of hydrogen-bond acceptors (Lipinski definition) is 2. The van der Waals surface area contributed by atoms with Crippen molar-refractivity contribution in [3.8, 4) is 0 Å². The lowest BCUT2D eigenvalue weighted by Crippen LogP contribution is -2.33. The molecule has 0 radical (unpaired) electrons. The minimum Gasteiger partial charge on any atom is -0.338 e. The fourth-order valence-electron chi connectivity index (χ4n) is 3.24. The van der Waals surface area contributed by atoms with Crippen molar-refractivity contribution in [2.45, 2.75) is 6.04 Å². The molecule has 2 N–H and O–H groups in total. The molecule has 0 aromatic heterocycles. The van der Waals surface area contributed by atoms with Gasteiger partial charge in [-0.25, -0.2) is 0 Å². The number of nitrogens with two attached hydrogens (primary N) is 1. The van der Waals surface area contributed by atoms with Crippen molar-refractivity contribution in [3.05, 3.63) is 48.0 Å². The summed E-state index contributed by atoms with van der Waals surface area (Å²) in [5, 5.41) is 2.29. The highest BCUT2D eigenvalue weighted by Crippen LogP contribution is 2.44. The first-order valence-electron chi connectivity index (χ1n) is 6.78. The lowest BCUT2D eigenvalue weighted by Gasteiger charge is -2.19. The van der Waals surface area contributed by atoms with Crippen LogP contribution < -0.4 is 5.73 Å². The molecule has 1 aliphatic heterocycles. The number of hydrogen-bond donors (Lipinski definition) is 1. The van der Waals surface area contributed by atoms with E-state index in [0.717, 1.165) is 24.0 Å². The number of rotatable bonds is 1. The molecule has 2 atom stereocenters. The summed E-state index contributed by atoms with van der Waals surface area (Å²) in [6, 6.07) is 14.4. The highest BCUT2D eigenvalue weighted by atomic mass is 16.2. The molecule has 0 spiro atoms. The highest BCUT2D eigenvalue weighted by molar-refractivity contribution is 5.98. The molecule has 3 nitrogen and oxygen atoms in total. The van der Waals surface area contributed by atoms with Gasteiger partial charge in [-0.2, -0.15) is 0 Å². The van der Waals surface area contributed by atoms with Crippen LogP contribution in [0.15, 0.2) is 42.5 Å². The maximum atomic E-state index is 12.4. The van der Waals surface area contributed by atoms with Gasteiger partial charge in [-0.05, 0) is 34.7 Å². The molecule has 19 heavy (non-hydrogen) atoms. The Bertz CT molecular complexity index is 655. The first kappa shape index (κ1) is 11.0. The first-order chi connectivity index (χ1) is 9.24. The van der Waals surface area contributed by atoms with Crippen molar-refractivity contribution >= 4 is 16.7 Å². The number of nitrogens with zero attached hydrogens (tertiary/aromatic N) is 1. The molecular formula is C16H16N2O. The number of carbonyl (C=O) groups is 1. The summed E-state index contributed by atoms with van der Waals surface area (Å²) in [5.41, 5.74) is 6.69. The smallest absolute Gasteiger partial charge is 0.253 e. The molecule has 3 heteroatoms. The molecule has 2 unspecified atom stereocenters. The maximum absolute atomic E-state index is 12.4. The maximum Gasteiger partial charge on any atom is 0.253 e. The van der Waals surface area contributed by atoms with Crippen molar-refractivity contribution < 1.29 is 4.79 Å². The Morgan fingerprint density at radius 1 is 1.05 bits per heavy atom. The summed E-state index contributed by atoms with van der Waals surface area (Å²) >= 11 is 0. The average Bonchev–Trinajstić information content (AvgIpc) is 2.90. The molecule has 1 amide bonds. The van der Waals surface area contributed by atoms with Crippen molar-refractivity contribution in [2.75, 3.05) is 13.1 Å². The summed E-state index contributed by atoms with van der Waals surface area (Å²) in [7, 11) is 0. The fourth-order valence-corrected chi connectivity index (χ4v) is 3.24. The lowest BCUT2D eigenvalue weighted by molar-refractivity contribution is 0.0773. The predicted molar refractivity (Wildman–Crippen MR) is 74.8 cm³/mol. The van der Waals surface area contributed by atoms with Gasteiger partial charge in [-0.15, -0.1) is 0 Å². The number of fused-ring (bicyclic) bond motifs is 2. The van der Waals surface area contributed by atoms with Crippen molar-refractivity contribution in [1.82, 2.24) is 4.90 Å². The Morgan fingerprint density at radius 2 is 1.74 bits per heavy atom. The van der Waals surface area contributed by atoms with Gasteiger partial charge in [0.15, 0.2) is 0 Å². The second kappa shape index (κ2) is 3.81. The SMILES string of the molecule is NC1C2CN(C(=O)c3ccc4ccccc4c3)CC12. The summed E-state index contributed by atoms with van der Waals surface area (Å²) in [6.07, 6.45) is 0.